The van der Waals surface area contributed by atoms with Gasteiger partial charge >= 0.3 is 0 Å². The van der Waals surface area contributed by atoms with E-state index in [2.05, 4.69) is 18.2 Å². The van der Waals surface area contributed by atoms with Gasteiger partial charge in [-0.2, -0.15) is 0 Å². The van der Waals surface area contributed by atoms with E-state index in [-0.39, 0.29) is 16.9 Å². The number of nitrogens with two attached hydrogens (primary N) is 1. The van der Waals surface area contributed by atoms with Crippen molar-refractivity contribution in [1.29, 1.82) is 0 Å². The van der Waals surface area contributed by atoms with Crippen molar-refractivity contribution in [3.05, 3.63) is 70.0 Å². The van der Waals surface area contributed by atoms with Crippen molar-refractivity contribution < 1.29 is 4.39 Å². The highest BCUT2D eigenvalue weighted by atomic mass is 35.5. The molecule has 98 valence electrons. The SMILES string of the molecule is NC(Cc1ccc(Cl)c(F)c1)C1Cc2ccccc21. The van der Waals surface area contributed by atoms with Crippen LogP contribution in [0.15, 0.2) is 42.5 Å². The summed E-state index contributed by atoms with van der Waals surface area (Å²) in [6, 6.07) is 13.3. The van der Waals surface area contributed by atoms with Gasteiger partial charge in [-0.3, -0.25) is 0 Å². The smallest absolute Gasteiger partial charge is 0.142 e. The van der Waals surface area contributed by atoms with Crippen LogP contribution in [-0.2, 0) is 12.8 Å². The highest BCUT2D eigenvalue weighted by molar-refractivity contribution is 6.30. The summed E-state index contributed by atoms with van der Waals surface area (Å²) in [6.07, 6.45) is 1.69. The molecule has 0 saturated carbocycles. The van der Waals surface area contributed by atoms with Crippen molar-refractivity contribution in [2.24, 2.45) is 5.73 Å². The molecule has 0 heterocycles. The van der Waals surface area contributed by atoms with Gasteiger partial charge in [0.2, 0.25) is 0 Å². The van der Waals surface area contributed by atoms with Crippen molar-refractivity contribution in [1.82, 2.24) is 0 Å². The topological polar surface area (TPSA) is 26.0 Å². The fraction of sp³-hybridized carbons (Fsp3) is 0.250. The third kappa shape index (κ3) is 2.38. The van der Waals surface area contributed by atoms with E-state index in [4.69, 9.17) is 17.3 Å². The molecular weight excluding hydrogens is 261 g/mol. The fourth-order valence-corrected chi connectivity index (χ4v) is 2.88. The van der Waals surface area contributed by atoms with Gasteiger partial charge in [0.1, 0.15) is 5.82 Å². The van der Waals surface area contributed by atoms with Gasteiger partial charge in [0.15, 0.2) is 0 Å². The molecule has 0 radical (unpaired) electrons. The average molecular weight is 276 g/mol. The van der Waals surface area contributed by atoms with E-state index < -0.39 is 0 Å². The Morgan fingerprint density at radius 2 is 2.05 bits per heavy atom. The number of hydrogen-bond acceptors (Lipinski definition) is 1. The lowest BCUT2D eigenvalue weighted by molar-refractivity contribution is 0.479. The Labute approximate surface area is 117 Å². The second kappa shape index (κ2) is 4.95. The third-order valence-electron chi connectivity index (χ3n) is 3.87. The minimum atomic E-state index is -0.375. The van der Waals surface area contributed by atoms with Crippen molar-refractivity contribution in [2.45, 2.75) is 24.8 Å². The second-order valence-corrected chi connectivity index (χ2v) is 5.53. The molecule has 1 nitrogen and oxygen atoms in total. The Bertz CT molecular complexity index is 611. The first-order chi connectivity index (χ1) is 9.15. The summed E-state index contributed by atoms with van der Waals surface area (Å²) in [5.41, 5.74) is 9.88. The molecule has 2 aromatic carbocycles. The lowest BCUT2D eigenvalue weighted by Crippen LogP contribution is -2.37. The van der Waals surface area contributed by atoms with Crippen LogP contribution in [0.3, 0.4) is 0 Å². The zero-order valence-electron chi connectivity index (χ0n) is 10.4. The predicted molar refractivity (Wildman–Crippen MR) is 76.0 cm³/mol. The Balaban J connectivity index is 1.73. The molecule has 0 amide bonds. The molecule has 0 bridgehead atoms. The number of hydrogen-bond donors (Lipinski definition) is 1. The molecule has 2 unspecified atom stereocenters. The average Bonchev–Trinajstić information content (AvgIpc) is 2.35. The maximum Gasteiger partial charge on any atom is 0.142 e. The van der Waals surface area contributed by atoms with Gasteiger partial charge in [-0.15, -0.1) is 0 Å². The molecule has 0 spiro atoms. The maximum absolute atomic E-state index is 13.4. The summed E-state index contributed by atoms with van der Waals surface area (Å²) in [5, 5.41) is 0.159. The first kappa shape index (κ1) is 12.6. The number of halogens is 2. The summed E-state index contributed by atoms with van der Waals surface area (Å²) in [6.45, 7) is 0. The molecule has 1 aliphatic rings. The number of fused-ring (bicyclic) bond motifs is 1. The van der Waals surface area contributed by atoms with Gasteiger partial charge in [0, 0.05) is 12.0 Å². The Kier molecular flexibility index (Phi) is 3.29. The highest BCUT2D eigenvalue weighted by Crippen LogP contribution is 2.37. The van der Waals surface area contributed by atoms with Crippen LogP contribution in [0, 0.1) is 5.82 Å². The summed E-state index contributed by atoms with van der Waals surface area (Å²) in [5.74, 6) is 0.00955. The third-order valence-corrected chi connectivity index (χ3v) is 4.17. The summed E-state index contributed by atoms with van der Waals surface area (Å²) in [7, 11) is 0. The van der Waals surface area contributed by atoms with E-state index >= 15 is 0 Å². The summed E-state index contributed by atoms with van der Waals surface area (Å²) in [4.78, 5) is 0. The Hall–Kier alpha value is -1.38. The minimum absolute atomic E-state index is 0.0236. The molecule has 2 atom stereocenters. The normalized spacial score (nSPS) is 18.6. The van der Waals surface area contributed by atoms with Crippen LogP contribution in [-0.4, -0.2) is 6.04 Å². The van der Waals surface area contributed by atoms with Crippen molar-refractivity contribution >= 4 is 11.6 Å². The van der Waals surface area contributed by atoms with Crippen LogP contribution in [0.1, 0.15) is 22.6 Å². The first-order valence-corrected chi connectivity index (χ1v) is 6.80. The largest absolute Gasteiger partial charge is 0.327 e. The van der Waals surface area contributed by atoms with E-state index in [1.54, 1.807) is 6.07 Å². The monoisotopic (exact) mass is 275 g/mol. The molecule has 19 heavy (non-hydrogen) atoms. The van der Waals surface area contributed by atoms with E-state index in [9.17, 15) is 4.39 Å². The van der Waals surface area contributed by atoms with Crippen LogP contribution < -0.4 is 5.73 Å². The van der Waals surface area contributed by atoms with Crippen LogP contribution in [0.4, 0.5) is 4.39 Å². The van der Waals surface area contributed by atoms with Crippen molar-refractivity contribution in [3.63, 3.8) is 0 Å². The van der Waals surface area contributed by atoms with Crippen LogP contribution in [0.25, 0.3) is 0 Å². The van der Waals surface area contributed by atoms with E-state index in [1.807, 2.05) is 12.1 Å². The molecule has 2 N–H and O–H groups in total. The van der Waals surface area contributed by atoms with Gasteiger partial charge in [0.05, 0.1) is 5.02 Å². The summed E-state index contributed by atoms with van der Waals surface area (Å²) >= 11 is 5.68. The lowest BCUT2D eigenvalue weighted by atomic mass is 9.72. The number of rotatable bonds is 3. The quantitative estimate of drug-likeness (QED) is 0.908. The van der Waals surface area contributed by atoms with E-state index in [1.165, 1.54) is 17.2 Å². The first-order valence-electron chi connectivity index (χ1n) is 6.42. The maximum atomic E-state index is 13.4. The molecule has 0 aromatic heterocycles. The van der Waals surface area contributed by atoms with Crippen LogP contribution in [0.2, 0.25) is 5.02 Å². The molecule has 2 aromatic rings. The molecule has 0 fully saturated rings. The van der Waals surface area contributed by atoms with Gasteiger partial charge in [0.25, 0.3) is 0 Å². The predicted octanol–water partition coefficient (Wildman–Crippen LogP) is 3.69. The van der Waals surface area contributed by atoms with Gasteiger partial charge < -0.3 is 5.73 Å². The lowest BCUT2D eigenvalue weighted by Gasteiger charge is -2.34. The number of benzene rings is 2. The standard InChI is InChI=1S/C16H15ClFN/c17-14-6-5-10(7-15(14)18)8-16(19)13-9-11-3-1-2-4-12(11)13/h1-7,13,16H,8-9,19H2. The molecule has 3 rings (SSSR count). The van der Waals surface area contributed by atoms with Crippen molar-refractivity contribution in [2.75, 3.05) is 0 Å². The zero-order chi connectivity index (χ0) is 13.4. The molecule has 0 aliphatic heterocycles. The van der Waals surface area contributed by atoms with E-state index in [0.29, 0.717) is 12.3 Å². The fourth-order valence-electron chi connectivity index (χ4n) is 2.76. The second-order valence-electron chi connectivity index (χ2n) is 5.13. The highest BCUT2D eigenvalue weighted by Gasteiger charge is 2.30. The minimum Gasteiger partial charge on any atom is -0.327 e. The van der Waals surface area contributed by atoms with Crippen LogP contribution in [0.5, 0.6) is 0 Å². The van der Waals surface area contributed by atoms with Gasteiger partial charge in [-0.25, -0.2) is 4.39 Å². The Morgan fingerprint density at radius 3 is 2.79 bits per heavy atom. The van der Waals surface area contributed by atoms with Gasteiger partial charge in [-0.05, 0) is 41.7 Å². The molecule has 1 aliphatic carbocycles. The molecule has 3 heteroatoms. The zero-order valence-corrected chi connectivity index (χ0v) is 11.2. The summed E-state index contributed by atoms with van der Waals surface area (Å²) < 4.78 is 13.4. The van der Waals surface area contributed by atoms with Crippen molar-refractivity contribution in [3.8, 4) is 0 Å². The van der Waals surface area contributed by atoms with E-state index in [0.717, 1.165) is 12.0 Å². The molecule has 0 saturated heterocycles. The Morgan fingerprint density at radius 1 is 1.26 bits per heavy atom. The van der Waals surface area contributed by atoms with Gasteiger partial charge in [-0.1, -0.05) is 41.9 Å². The molecular formula is C16H15ClFN. The van der Waals surface area contributed by atoms with Crippen LogP contribution >= 0.6 is 11.6 Å².